The van der Waals surface area contributed by atoms with Crippen LogP contribution in [0, 0.1) is 17.1 Å². The van der Waals surface area contributed by atoms with Crippen LogP contribution in [-0.4, -0.2) is 57.1 Å². The number of nitrogens with zero attached hydrogens (tertiary/aromatic N) is 1. The summed E-state index contributed by atoms with van der Waals surface area (Å²) in [5.74, 6) is -0.431. The second-order valence-corrected chi connectivity index (χ2v) is 12.6. The van der Waals surface area contributed by atoms with E-state index in [1.54, 1.807) is 60.5 Å². The third kappa shape index (κ3) is 8.71. The van der Waals surface area contributed by atoms with Crippen LogP contribution in [0.2, 0.25) is 0 Å². The highest BCUT2D eigenvalue weighted by atomic mass is 32.2. The van der Waals surface area contributed by atoms with Crippen LogP contribution in [0.4, 0.5) is 4.39 Å². The number of nitrogen functional groups attached to an aromatic ring is 1. The van der Waals surface area contributed by atoms with Crippen LogP contribution in [0.3, 0.4) is 0 Å². The van der Waals surface area contributed by atoms with Gasteiger partial charge in [-0.1, -0.05) is 42.5 Å². The first kappa shape index (κ1) is 31.8. The van der Waals surface area contributed by atoms with Gasteiger partial charge in [-0.3, -0.25) is 15.0 Å². The normalized spacial score (nSPS) is 14.7. The maximum Gasteiger partial charge on any atom is 0.241 e. The van der Waals surface area contributed by atoms with E-state index < -0.39 is 21.9 Å². The SMILES string of the molecule is CNC(=O)CCCC1CCN(C(=O)[C@@H](Cc2cccc(C(=N)N)c2)NS(=O)(=O)c2cccc(-c3ccc(F)cc3)c2)CC1. The molecule has 0 aromatic heterocycles. The minimum absolute atomic E-state index is 0.0137. The number of likely N-dealkylation sites (tertiary alicyclic amines) is 1. The van der Waals surface area contributed by atoms with Gasteiger partial charge in [-0.15, -0.1) is 0 Å². The Labute approximate surface area is 252 Å². The maximum atomic E-state index is 13.8. The van der Waals surface area contributed by atoms with Crippen LogP contribution in [0.5, 0.6) is 0 Å². The number of halogens is 1. The Kier molecular flexibility index (Phi) is 10.7. The first-order valence-electron chi connectivity index (χ1n) is 14.4. The molecule has 0 saturated carbocycles. The average Bonchev–Trinajstić information content (AvgIpc) is 3.01. The third-order valence-electron chi connectivity index (χ3n) is 7.82. The number of rotatable bonds is 12. The molecule has 0 unspecified atom stereocenters. The number of carbonyl (C=O) groups is 2. The van der Waals surface area contributed by atoms with Crippen molar-refractivity contribution >= 4 is 27.7 Å². The van der Waals surface area contributed by atoms with Crippen molar-refractivity contribution in [1.82, 2.24) is 14.9 Å². The summed E-state index contributed by atoms with van der Waals surface area (Å²) in [5.41, 5.74) is 8.06. The molecule has 3 aromatic carbocycles. The topological polar surface area (TPSA) is 145 Å². The zero-order chi connectivity index (χ0) is 31.0. The van der Waals surface area contributed by atoms with Crippen molar-refractivity contribution in [3.63, 3.8) is 0 Å². The lowest BCUT2D eigenvalue weighted by atomic mass is 9.91. The van der Waals surface area contributed by atoms with Crippen molar-refractivity contribution in [2.75, 3.05) is 20.1 Å². The van der Waals surface area contributed by atoms with Gasteiger partial charge in [0.1, 0.15) is 17.7 Å². The molecule has 0 aliphatic carbocycles. The van der Waals surface area contributed by atoms with Crippen molar-refractivity contribution in [3.05, 3.63) is 89.7 Å². The molecule has 1 aliphatic rings. The number of piperidine rings is 1. The summed E-state index contributed by atoms with van der Waals surface area (Å²) in [6, 6.07) is 17.8. The Morgan fingerprint density at radius 2 is 1.72 bits per heavy atom. The fourth-order valence-electron chi connectivity index (χ4n) is 5.36. The Morgan fingerprint density at radius 1 is 1.02 bits per heavy atom. The van der Waals surface area contributed by atoms with E-state index >= 15 is 0 Å². The van der Waals surface area contributed by atoms with Crippen molar-refractivity contribution in [3.8, 4) is 11.1 Å². The predicted molar refractivity (Wildman–Crippen MR) is 164 cm³/mol. The monoisotopic (exact) mass is 607 g/mol. The molecular formula is C32H38FN5O4S. The van der Waals surface area contributed by atoms with Gasteiger partial charge in [0.05, 0.1) is 4.90 Å². The van der Waals surface area contributed by atoms with Crippen LogP contribution in [-0.2, 0) is 26.0 Å². The van der Waals surface area contributed by atoms with Gasteiger partial charge in [-0.25, -0.2) is 12.8 Å². The Bertz CT molecular complexity index is 1550. The molecule has 1 heterocycles. The second kappa shape index (κ2) is 14.4. The summed E-state index contributed by atoms with van der Waals surface area (Å²) in [6.07, 6.45) is 3.78. The number of hydrogen-bond donors (Lipinski definition) is 4. The van der Waals surface area contributed by atoms with Crippen LogP contribution in [0.1, 0.15) is 43.2 Å². The number of amides is 2. The smallest absolute Gasteiger partial charge is 0.241 e. The second-order valence-electron chi connectivity index (χ2n) is 10.9. The van der Waals surface area contributed by atoms with Crippen LogP contribution in [0.25, 0.3) is 11.1 Å². The molecule has 228 valence electrons. The highest BCUT2D eigenvalue weighted by Gasteiger charge is 2.32. The van der Waals surface area contributed by atoms with E-state index in [2.05, 4.69) is 10.0 Å². The lowest BCUT2D eigenvalue weighted by molar-refractivity contribution is -0.134. The highest BCUT2D eigenvalue weighted by Crippen LogP contribution is 2.25. The van der Waals surface area contributed by atoms with Crippen LogP contribution in [0.15, 0.2) is 77.7 Å². The molecule has 3 aromatic rings. The summed E-state index contributed by atoms with van der Waals surface area (Å²) in [6.45, 7) is 0.991. The van der Waals surface area contributed by atoms with E-state index in [9.17, 15) is 22.4 Å². The van der Waals surface area contributed by atoms with Gasteiger partial charge in [-0.05, 0) is 85.0 Å². The zero-order valence-corrected chi connectivity index (χ0v) is 25.0. The van der Waals surface area contributed by atoms with Gasteiger partial charge >= 0.3 is 0 Å². The fourth-order valence-corrected chi connectivity index (χ4v) is 6.59. The molecule has 0 spiro atoms. The predicted octanol–water partition coefficient (Wildman–Crippen LogP) is 3.82. The highest BCUT2D eigenvalue weighted by molar-refractivity contribution is 7.89. The number of nitrogens with one attached hydrogen (secondary N) is 3. The van der Waals surface area contributed by atoms with E-state index in [1.807, 2.05) is 0 Å². The first-order chi connectivity index (χ1) is 20.6. The van der Waals surface area contributed by atoms with Crippen molar-refractivity contribution in [2.45, 2.75) is 49.5 Å². The Morgan fingerprint density at radius 3 is 2.40 bits per heavy atom. The fraction of sp³-hybridized carbons (Fsp3) is 0.344. The zero-order valence-electron chi connectivity index (χ0n) is 24.2. The largest absolute Gasteiger partial charge is 0.384 e. The summed E-state index contributed by atoms with van der Waals surface area (Å²) in [4.78, 5) is 27.1. The van der Waals surface area contributed by atoms with E-state index in [0.29, 0.717) is 47.7 Å². The molecule has 1 atom stereocenters. The van der Waals surface area contributed by atoms with E-state index in [1.165, 1.54) is 24.3 Å². The Balaban J connectivity index is 1.53. The number of nitrogens with two attached hydrogens (primary N) is 1. The van der Waals surface area contributed by atoms with E-state index in [-0.39, 0.29) is 29.0 Å². The van der Waals surface area contributed by atoms with E-state index in [4.69, 9.17) is 11.1 Å². The van der Waals surface area contributed by atoms with Crippen molar-refractivity contribution in [1.29, 1.82) is 5.41 Å². The minimum atomic E-state index is -4.14. The molecule has 4 rings (SSSR count). The Hall–Kier alpha value is -4.09. The van der Waals surface area contributed by atoms with Gasteiger partial charge in [0, 0.05) is 32.1 Å². The molecule has 11 heteroatoms. The number of sulfonamides is 1. The summed E-state index contributed by atoms with van der Waals surface area (Å²) in [7, 11) is -2.52. The molecule has 1 fully saturated rings. The standard InChI is InChI=1S/C32H38FN5O4S/c1-36-30(39)10-3-5-22-15-17-38(18-16-22)32(40)29(20-23-6-2-8-26(19-23)31(34)35)37-43(41,42)28-9-4-7-25(21-28)24-11-13-27(33)14-12-24/h2,4,6-9,11-14,19,21-22,29,37H,3,5,10,15-18,20H2,1H3,(H3,34,35)(H,36,39)/t29-/m1/s1. The lowest BCUT2D eigenvalue weighted by Gasteiger charge is -2.34. The van der Waals surface area contributed by atoms with Gasteiger partial charge in [-0.2, -0.15) is 4.72 Å². The number of hydrogen-bond acceptors (Lipinski definition) is 5. The van der Waals surface area contributed by atoms with Gasteiger partial charge < -0.3 is 16.0 Å². The molecular weight excluding hydrogens is 569 g/mol. The van der Waals surface area contributed by atoms with Gasteiger partial charge in [0.25, 0.3) is 0 Å². The van der Waals surface area contributed by atoms with Crippen molar-refractivity contribution < 1.29 is 22.4 Å². The van der Waals surface area contributed by atoms with Gasteiger partial charge in [0.2, 0.25) is 21.8 Å². The lowest BCUT2D eigenvalue weighted by Crippen LogP contribution is -2.51. The van der Waals surface area contributed by atoms with E-state index in [0.717, 1.165) is 25.7 Å². The average molecular weight is 608 g/mol. The molecule has 2 amide bonds. The molecule has 1 aliphatic heterocycles. The maximum absolute atomic E-state index is 13.8. The summed E-state index contributed by atoms with van der Waals surface area (Å²) < 4.78 is 43.4. The third-order valence-corrected chi connectivity index (χ3v) is 9.29. The van der Waals surface area contributed by atoms with Gasteiger partial charge in [0.15, 0.2) is 0 Å². The number of carbonyl (C=O) groups excluding carboxylic acids is 2. The number of benzene rings is 3. The first-order valence-corrected chi connectivity index (χ1v) is 15.8. The number of amidine groups is 1. The quantitative estimate of drug-likeness (QED) is 0.183. The minimum Gasteiger partial charge on any atom is -0.384 e. The molecule has 0 bridgehead atoms. The molecule has 1 saturated heterocycles. The molecule has 0 radical (unpaired) electrons. The molecule has 43 heavy (non-hydrogen) atoms. The summed E-state index contributed by atoms with van der Waals surface area (Å²) >= 11 is 0. The summed E-state index contributed by atoms with van der Waals surface area (Å²) in [5, 5.41) is 10.4. The van der Waals surface area contributed by atoms with Crippen LogP contribution >= 0.6 is 0 Å². The van der Waals surface area contributed by atoms with Crippen LogP contribution < -0.4 is 15.8 Å². The van der Waals surface area contributed by atoms with Crippen molar-refractivity contribution in [2.24, 2.45) is 11.7 Å². The molecule has 5 N–H and O–H groups in total. The molecule has 9 nitrogen and oxygen atoms in total.